The zero-order valence-corrected chi connectivity index (χ0v) is 13.9. The van der Waals surface area contributed by atoms with Crippen LogP contribution in [0.3, 0.4) is 0 Å². The Morgan fingerprint density at radius 1 is 1.24 bits per heavy atom. The Morgan fingerprint density at radius 3 is 2.76 bits per heavy atom. The van der Waals surface area contributed by atoms with E-state index in [1.54, 1.807) is 18.2 Å². The molecule has 2 aromatic carbocycles. The molecule has 25 heavy (non-hydrogen) atoms. The van der Waals surface area contributed by atoms with Crippen molar-refractivity contribution in [2.24, 2.45) is 0 Å². The average Bonchev–Trinajstić information content (AvgIpc) is 2.96. The van der Waals surface area contributed by atoms with Crippen LogP contribution < -0.4 is 10.1 Å². The molecule has 0 bridgehead atoms. The molecular weight excluding hydrogens is 353 g/mol. The molecule has 0 aliphatic heterocycles. The first-order valence-electron chi connectivity index (χ1n) is 7.39. The third-order valence-corrected chi connectivity index (χ3v) is 4.28. The topological polar surface area (TPSA) is 51.2 Å². The van der Waals surface area contributed by atoms with Gasteiger partial charge in [-0.3, -0.25) is 10.1 Å². The zero-order valence-electron chi connectivity index (χ0n) is 13.1. The number of hydrogen-bond donors (Lipinski definition) is 1. The highest BCUT2D eigenvalue weighted by atomic mass is 32.1. The maximum atomic E-state index is 12.7. The molecule has 130 valence electrons. The number of rotatable bonds is 4. The lowest BCUT2D eigenvalue weighted by molar-refractivity contribution is -0.137. The lowest BCUT2D eigenvalue weighted by Gasteiger charge is -2.08. The number of nitrogens with one attached hydrogen (secondary N) is 1. The maximum absolute atomic E-state index is 12.7. The van der Waals surface area contributed by atoms with Crippen molar-refractivity contribution in [1.29, 1.82) is 0 Å². The number of alkyl halides is 3. The molecule has 0 spiro atoms. The zero-order chi connectivity index (χ0) is 18.0. The summed E-state index contributed by atoms with van der Waals surface area (Å²) < 4.78 is 44.4. The summed E-state index contributed by atoms with van der Waals surface area (Å²) in [6.45, 7) is 2.40. The van der Waals surface area contributed by atoms with E-state index in [2.05, 4.69) is 10.3 Å². The van der Waals surface area contributed by atoms with Crippen molar-refractivity contribution >= 4 is 32.6 Å². The summed E-state index contributed by atoms with van der Waals surface area (Å²) in [6, 6.07) is 9.59. The molecule has 0 saturated heterocycles. The van der Waals surface area contributed by atoms with E-state index in [1.165, 1.54) is 23.5 Å². The number of amides is 1. The highest BCUT2D eigenvalue weighted by Crippen LogP contribution is 2.31. The predicted octanol–water partition coefficient (Wildman–Crippen LogP) is 4.97. The molecule has 0 unspecified atom stereocenters. The summed E-state index contributed by atoms with van der Waals surface area (Å²) >= 11 is 1.22. The molecule has 1 amide bonds. The maximum Gasteiger partial charge on any atom is 0.416 e. The fraction of sp³-hybridized carbons (Fsp3) is 0.176. The normalized spacial score (nSPS) is 11.5. The number of carbonyl (C=O) groups excluding carboxylic acids is 1. The van der Waals surface area contributed by atoms with Gasteiger partial charge in [0.1, 0.15) is 5.75 Å². The van der Waals surface area contributed by atoms with Crippen LogP contribution in [-0.4, -0.2) is 17.5 Å². The predicted molar refractivity (Wildman–Crippen MR) is 90.2 cm³/mol. The van der Waals surface area contributed by atoms with Crippen LogP contribution in [-0.2, 0) is 6.18 Å². The van der Waals surface area contributed by atoms with Gasteiger partial charge in [-0.05, 0) is 43.3 Å². The Bertz CT molecular complexity index is 922. The molecule has 4 nitrogen and oxygen atoms in total. The van der Waals surface area contributed by atoms with E-state index in [0.29, 0.717) is 23.0 Å². The van der Waals surface area contributed by atoms with Gasteiger partial charge in [-0.1, -0.05) is 17.4 Å². The number of hydrogen-bond acceptors (Lipinski definition) is 4. The monoisotopic (exact) mass is 366 g/mol. The van der Waals surface area contributed by atoms with Crippen molar-refractivity contribution in [3.05, 3.63) is 53.6 Å². The van der Waals surface area contributed by atoms with Crippen LogP contribution in [0.4, 0.5) is 18.3 Å². The van der Waals surface area contributed by atoms with Gasteiger partial charge >= 0.3 is 6.18 Å². The fourth-order valence-corrected chi connectivity index (χ4v) is 3.11. The first-order chi connectivity index (χ1) is 11.9. The van der Waals surface area contributed by atoms with Crippen molar-refractivity contribution in [3.63, 3.8) is 0 Å². The van der Waals surface area contributed by atoms with Crippen LogP contribution in [0.5, 0.6) is 5.75 Å². The van der Waals surface area contributed by atoms with Crippen LogP contribution in [0.15, 0.2) is 42.5 Å². The molecule has 0 aliphatic rings. The van der Waals surface area contributed by atoms with Crippen molar-refractivity contribution < 1.29 is 22.7 Å². The number of carbonyl (C=O) groups is 1. The van der Waals surface area contributed by atoms with Crippen molar-refractivity contribution in [3.8, 4) is 5.75 Å². The van der Waals surface area contributed by atoms with Crippen LogP contribution in [0.25, 0.3) is 10.2 Å². The van der Waals surface area contributed by atoms with Crippen LogP contribution in [0.1, 0.15) is 22.8 Å². The fourth-order valence-electron chi connectivity index (χ4n) is 2.22. The molecule has 0 atom stereocenters. The molecule has 0 fully saturated rings. The van der Waals surface area contributed by atoms with E-state index in [9.17, 15) is 18.0 Å². The quantitative estimate of drug-likeness (QED) is 0.710. The van der Waals surface area contributed by atoms with E-state index < -0.39 is 17.6 Å². The van der Waals surface area contributed by atoms with Gasteiger partial charge in [0.15, 0.2) is 5.13 Å². The molecule has 0 aliphatic carbocycles. The highest BCUT2D eigenvalue weighted by Gasteiger charge is 2.30. The third-order valence-electron chi connectivity index (χ3n) is 3.34. The summed E-state index contributed by atoms with van der Waals surface area (Å²) in [5.41, 5.74) is -0.275. The van der Waals surface area contributed by atoms with E-state index in [4.69, 9.17) is 4.74 Å². The first kappa shape index (κ1) is 17.2. The molecular formula is C17H13F3N2O2S. The first-order valence-corrected chi connectivity index (χ1v) is 8.20. The number of ether oxygens (including phenoxy) is 1. The molecule has 1 heterocycles. The van der Waals surface area contributed by atoms with Crippen molar-refractivity contribution in [1.82, 2.24) is 4.98 Å². The van der Waals surface area contributed by atoms with Crippen molar-refractivity contribution in [2.75, 3.05) is 11.9 Å². The number of fused-ring (bicyclic) bond motifs is 1. The third kappa shape index (κ3) is 3.90. The van der Waals surface area contributed by atoms with Gasteiger partial charge in [0, 0.05) is 5.56 Å². The van der Waals surface area contributed by atoms with Gasteiger partial charge in [0.2, 0.25) is 0 Å². The number of aromatic nitrogens is 1. The van der Waals surface area contributed by atoms with Crippen LogP contribution >= 0.6 is 11.3 Å². The summed E-state index contributed by atoms with van der Waals surface area (Å²) in [5.74, 6) is 0.0459. The number of thiazole rings is 1. The van der Waals surface area contributed by atoms with E-state index in [0.717, 1.165) is 16.8 Å². The Balaban J connectivity index is 1.82. The average molecular weight is 366 g/mol. The Hall–Kier alpha value is -2.61. The summed E-state index contributed by atoms with van der Waals surface area (Å²) in [4.78, 5) is 16.5. The smallest absolute Gasteiger partial charge is 0.416 e. The summed E-state index contributed by atoms with van der Waals surface area (Å²) in [7, 11) is 0. The lowest BCUT2D eigenvalue weighted by Crippen LogP contribution is -2.13. The molecule has 3 rings (SSSR count). The minimum Gasteiger partial charge on any atom is -0.494 e. The van der Waals surface area contributed by atoms with Gasteiger partial charge in [-0.2, -0.15) is 13.2 Å². The van der Waals surface area contributed by atoms with Crippen LogP contribution in [0, 0.1) is 0 Å². The Kier molecular flexibility index (Phi) is 4.63. The second kappa shape index (κ2) is 6.72. The minimum absolute atomic E-state index is 0.0795. The number of benzene rings is 2. The van der Waals surface area contributed by atoms with Gasteiger partial charge in [0.05, 0.1) is 22.4 Å². The van der Waals surface area contributed by atoms with E-state index >= 15 is 0 Å². The minimum atomic E-state index is -4.50. The Morgan fingerprint density at radius 2 is 2.04 bits per heavy atom. The standard InChI is InChI=1S/C17H13F3N2O2S/c1-2-24-12-6-7-13-14(9-12)25-16(21-13)22-15(23)10-4-3-5-11(8-10)17(18,19)20/h3-9H,2H2,1H3,(H,21,22,23). The van der Waals surface area contributed by atoms with Crippen molar-refractivity contribution in [2.45, 2.75) is 13.1 Å². The summed E-state index contributed by atoms with van der Waals surface area (Å²) in [5, 5.41) is 2.85. The number of anilines is 1. The second-order valence-electron chi connectivity index (χ2n) is 5.11. The van der Waals surface area contributed by atoms with E-state index in [-0.39, 0.29) is 5.56 Å². The largest absolute Gasteiger partial charge is 0.494 e. The second-order valence-corrected chi connectivity index (χ2v) is 6.14. The highest BCUT2D eigenvalue weighted by molar-refractivity contribution is 7.22. The molecule has 1 aromatic heterocycles. The van der Waals surface area contributed by atoms with Gasteiger partial charge in [-0.25, -0.2) is 4.98 Å². The molecule has 0 radical (unpaired) electrons. The Labute approximate surface area is 145 Å². The molecule has 0 saturated carbocycles. The van der Waals surface area contributed by atoms with Gasteiger partial charge < -0.3 is 4.74 Å². The van der Waals surface area contributed by atoms with Gasteiger partial charge in [-0.15, -0.1) is 0 Å². The SMILES string of the molecule is CCOc1ccc2nc(NC(=O)c3cccc(C(F)(F)F)c3)sc2c1. The summed E-state index contributed by atoms with van der Waals surface area (Å²) in [6.07, 6.45) is -4.50. The number of halogens is 3. The van der Waals surface area contributed by atoms with Crippen LogP contribution in [0.2, 0.25) is 0 Å². The van der Waals surface area contributed by atoms with E-state index in [1.807, 2.05) is 6.92 Å². The number of nitrogens with zero attached hydrogens (tertiary/aromatic N) is 1. The molecule has 3 aromatic rings. The van der Waals surface area contributed by atoms with Gasteiger partial charge in [0.25, 0.3) is 5.91 Å². The lowest BCUT2D eigenvalue weighted by atomic mass is 10.1. The molecule has 8 heteroatoms. The molecule has 1 N–H and O–H groups in total.